The molecule has 0 spiro atoms. The highest BCUT2D eigenvalue weighted by Crippen LogP contribution is 2.26. The number of benzene rings is 1. The maximum absolute atomic E-state index is 5.56. The molecule has 2 fully saturated rings. The molecule has 2 aliphatic heterocycles. The third kappa shape index (κ3) is 2.81. The van der Waals surface area contributed by atoms with Gasteiger partial charge in [0.05, 0.1) is 6.54 Å². The number of hydrogen-bond donors (Lipinski definition) is 1. The molecule has 0 bridgehead atoms. The minimum Gasteiger partial charge on any atom is -0.359 e. The van der Waals surface area contributed by atoms with Crippen molar-refractivity contribution in [3.05, 3.63) is 41.7 Å². The lowest BCUT2D eigenvalue weighted by Crippen LogP contribution is -2.43. The van der Waals surface area contributed by atoms with Gasteiger partial charge < -0.3 is 9.84 Å². The first-order valence-electron chi connectivity index (χ1n) is 8.26. The average molecular weight is 297 g/mol. The van der Waals surface area contributed by atoms with Gasteiger partial charge >= 0.3 is 0 Å². The molecule has 4 heteroatoms. The lowest BCUT2D eigenvalue weighted by Gasteiger charge is -2.34. The van der Waals surface area contributed by atoms with Crippen LogP contribution < -0.4 is 5.32 Å². The summed E-state index contributed by atoms with van der Waals surface area (Å²) in [6.07, 6.45) is 2.57. The Morgan fingerprint density at radius 2 is 2.14 bits per heavy atom. The molecule has 2 saturated heterocycles. The molecule has 2 unspecified atom stereocenters. The second-order valence-corrected chi connectivity index (χ2v) is 6.68. The average Bonchev–Trinajstić information content (AvgIpc) is 3.17. The van der Waals surface area contributed by atoms with E-state index in [1.54, 1.807) is 0 Å². The van der Waals surface area contributed by atoms with Gasteiger partial charge in [0, 0.05) is 30.8 Å². The van der Waals surface area contributed by atoms with Crippen molar-refractivity contribution >= 4 is 0 Å². The van der Waals surface area contributed by atoms with Crippen molar-refractivity contribution in [3.63, 3.8) is 0 Å². The summed E-state index contributed by atoms with van der Waals surface area (Å²) in [4.78, 5) is 2.51. The van der Waals surface area contributed by atoms with Crippen LogP contribution in [0.4, 0.5) is 0 Å². The summed E-state index contributed by atoms with van der Waals surface area (Å²) in [7, 11) is 0. The number of nitrogens with one attached hydrogen (secondary N) is 1. The fraction of sp³-hybridized carbons (Fsp3) is 0.500. The number of nitrogens with zero attached hydrogens (tertiary/aromatic N) is 2. The van der Waals surface area contributed by atoms with Crippen LogP contribution in [0.25, 0.3) is 11.3 Å². The van der Waals surface area contributed by atoms with Gasteiger partial charge in [0.2, 0.25) is 0 Å². The van der Waals surface area contributed by atoms with E-state index in [0.717, 1.165) is 42.1 Å². The molecule has 2 aliphatic rings. The molecule has 116 valence electrons. The zero-order valence-electron chi connectivity index (χ0n) is 13.1. The van der Waals surface area contributed by atoms with E-state index in [1.165, 1.54) is 31.5 Å². The quantitative estimate of drug-likeness (QED) is 0.946. The SMILES string of the molecule is Cc1ccc(-c2cc(CN3CCC4NCCC4C3)on2)cc1. The molecule has 4 nitrogen and oxygen atoms in total. The first-order valence-corrected chi connectivity index (χ1v) is 8.26. The van der Waals surface area contributed by atoms with E-state index in [0.29, 0.717) is 0 Å². The molecule has 1 aromatic carbocycles. The molecule has 1 aromatic heterocycles. The summed E-state index contributed by atoms with van der Waals surface area (Å²) in [6.45, 7) is 6.48. The van der Waals surface area contributed by atoms with Crippen molar-refractivity contribution in [2.45, 2.75) is 32.4 Å². The van der Waals surface area contributed by atoms with E-state index in [4.69, 9.17) is 4.52 Å². The lowest BCUT2D eigenvalue weighted by molar-refractivity contribution is 0.143. The third-order valence-electron chi connectivity index (χ3n) is 5.03. The van der Waals surface area contributed by atoms with Crippen molar-refractivity contribution in [3.8, 4) is 11.3 Å². The fourth-order valence-corrected chi connectivity index (χ4v) is 3.73. The number of aryl methyl sites for hydroxylation is 1. The van der Waals surface area contributed by atoms with Gasteiger partial charge in [-0.2, -0.15) is 0 Å². The molecule has 0 amide bonds. The molecule has 22 heavy (non-hydrogen) atoms. The van der Waals surface area contributed by atoms with Crippen LogP contribution in [0.3, 0.4) is 0 Å². The maximum Gasteiger partial charge on any atom is 0.151 e. The van der Waals surface area contributed by atoms with Crippen LogP contribution >= 0.6 is 0 Å². The predicted octanol–water partition coefficient (Wildman–Crippen LogP) is 2.83. The molecule has 2 aromatic rings. The molecule has 0 radical (unpaired) electrons. The number of rotatable bonds is 3. The summed E-state index contributed by atoms with van der Waals surface area (Å²) in [5, 5.41) is 7.84. The highest BCUT2D eigenvalue weighted by Gasteiger charge is 2.32. The van der Waals surface area contributed by atoms with E-state index < -0.39 is 0 Å². The Bertz CT molecular complexity index is 634. The molecule has 3 heterocycles. The van der Waals surface area contributed by atoms with E-state index in [2.05, 4.69) is 52.6 Å². The summed E-state index contributed by atoms with van der Waals surface area (Å²) in [5.74, 6) is 1.79. The highest BCUT2D eigenvalue weighted by molar-refractivity contribution is 5.59. The topological polar surface area (TPSA) is 41.3 Å². The van der Waals surface area contributed by atoms with Gasteiger partial charge in [0.25, 0.3) is 0 Å². The van der Waals surface area contributed by atoms with Gasteiger partial charge in [-0.15, -0.1) is 0 Å². The molecular weight excluding hydrogens is 274 g/mol. The molecule has 4 rings (SSSR count). The zero-order chi connectivity index (χ0) is 14.9. The largest absolute Gasteiger partial charge is 0.359 e. The Balaban J connectivity index is 1.42. The standard InChI is InChI=1S/C18H23N3O/c1-13-2-4-14(5-3-13)18-10-16(22-20-18)12-21-9-7-17-15(11-21)6-8-19-17/h2-5,10,15,17,19H,6-9,11-12H2,1H3. The van der Waals surface area contributed by atoms with Crippen LogP contribution in [-0.2, 0) is 6.54 Å². The van der Waals surface area contributed by atoms with Crippen molar-refractivity contribution in [2.24, 2.45) is 5.92 Å². The number of hydrogen-bond acceptors (Lipinski definition) is 4. The van der Waals surface area contributed by atoms with Gasteiger partial charge in [0.15, 0.2) is 5.76 Å². The molecule has 0 aliphatic carbocycles. The Morgan fingerprint density at radius 1 is 1.27 bits per heavy atom. The van der Waals surface area contributed by atoms with Gasteiger partial charge in [-0.05, 0) is 32.2 Å². The number of piperidine rings is 1. The van der Waals surface area contributed by atoms with E-state index in [-0.39, 0.29) is 0 Å². The molecule has 1 N–H and O–H groups in total. The van der Waals surface area contributed by atoms with Gasteiger partial charge in [0.1, 0.15) is 5.69 Å². The van der Waals surface area contributed by atoms with Crippen LogP contribution in [0.15, 0.2) is 34.9 Å². The van der Waals surface area contributed by atoms with Crippen LogP contribution in [-0.4, -0.2) is 35.7 Å². The Morgan fingerprint density at radius 3 is 3.00 bits per heavy atom. The maximum atomic E-state index is 5.56. The lowest BCUT2D eigenvalue weighted by atomic mass is 9.93. The normalized spacial score (nSPS) is 25.3. The van der Waals surface area contributed by atoms with Crippen LogP contribution in [0.1, 0.15) is 24.2 Å². The predicted molar refractivity (Wildman–Crippen MR) is 86.5 cm³/mol. The summed E-state index contributed by atoms with van der Waals surface area (Å²) in [5.41, 5.74) is 3.33. The van der Waals surface area contributed by atoms with Crippen molar-refractivity contribution < 1.29 is 4.52 Å². The first kappa shape index (κ1) is 14.0. The van der Waals surface area contributed by atoms with E-state index in [1.807, 2.05) is 0 Å². The molecule has 2 atom stereocenters. The van der Waals surface area contributed by atoms with Crippen LogP contribution in [0, 0.1) is 12.8 Å². The smallest absolute Gasteiger partial charge is 0.151 e. The second kappa shape index (κ2) is 5.86. The van der Waals surface area contributed by atoms with Crippen LogP contribution in [0.5, 0.6) is 0 Å². The Labute approximate surface area is 131 Å². The first-order chi connectivity index (χ1) is 10.8. The van der Waals surface area contributed by atoms with E-state index in [9.17, 15) is 0 Å². The number of likely N-dealkylation sites (tertiary alicyclic amines) is 1. The van der Waals surface area contributed by atoms with Crippen molar-refractivity contribution in [2.75, 3.05) is 19.6 Å². The minimum atomic E-state index is 0.745. The Kier molecular flexibility index (Phi) is 3.72. The Hall–Kier alpha value is -1.65. The summed E-state index contributed by atoms with van der Waals surface area (Å²) >= 11 is 0. The summed E-state index contributed by atoms with van der Waals surface area (Å²) < 4.78 is 5.56. The second-order valence-electron chi connectivity index (χ2n) is 6.68. The highest BCUT2D eigenvalue weighted by atomic mass is 16.5. The zero-order valence-corrected chi connectivity index (χ0v) is 13.1. The summed E-state index contributed by atoms with van der Waals surface area (Å²) in [6, 6.07) is 11.3. The third-order valence-corrected chi connectivity index (χ3v) is 5.03. The molecular formula is C18H23N3O. The van der Waals surface area contributed by atoms with Crippen molar-refractivity contribution in [1.29, 1.82) is 0 Å². The van der Waals surface area contributed by atoms with Gasteiger partial charge in [-0.25, -0.2) is 0 Å². The minimum absolute atomic E-state index is 0.745. The number of aromatic nitrogens is 1. The van der Waals surface area contributed by atoms with Gasteiger partial charge in [-0.1, -0.05) is 35.0 Å². The number of fused-ring (bicyclic) bond motifs is 1. The van der Waals surface area contributed by atoms with Gasteiger partial charge in [-0.3, -0.25) is 4.90 Å². The fourth-order valence-electron chi connectivity index (χ4n) is 3.73. The van der Waals surface area contributed by atoms with Crippen LogP contribution in [0.2, 0.25) is 0 Å². The van der Waals surface area contributed by atoms with E-state index >= 15 is 0 Å². The molecule has 0 saturated carbocycles. The monoisotopic (exact) mass is 297 g/mol. The van der Waals surface area contributed by atoms with Crippen molar-refractivity contribution in [1.82, 2.24) is 15.4 Å².